The average Bonchev–Trinajstić information content (AvgIpc) is 2.49. The van der Waals surface area contributed by atoms with Crippen molar-refractivity contribution in [2.75, 3.05) is 13.1 Å². The normalized spacial score (nSPS) is 13.4. The summed E-state index contributed by atoms with van der Waals surface area (Å²) in [4.78, 5) is 23.0. The zero-order chi connectivity index (χ0) is 15.7. The molecule has 0 saturated carbocycles. The van der Waals surface area contributed by atoms with Gasteiger partial charge in [0.1, 0.15) is 0 Å². The molecule has 0 saturated heterocycles. The molecule has 2 unspecified atom stereocenters. The maximum atomic E-state index is 12.2. The van der Waals surface area contributed by atoms with Gasteiger partial charge in [0, 0.05) is 18.9 Å². The van der Waals surface area contributed by atoms with Gasteiger partial charge in [0.05, 0.1) is 6.04 Å². The summed E-state index contributed by atoms with van der Waals surface area (Å²) in [7, 11) is 0. The fourth-order valence-electron chi connectivity index (χ4n) is 2.04. The van der Waals surface area contributed by atoms with Crippen LogP contribution >= 0.6 is 0 Å². The van der Waals surface area contributed by atoms with Gasteiger partial charge in [-0.25, -0.2) is 0 Å². The van der Waals surface area contributed by atoms with Crippen LogP contribution in [0.4, 0.5) is 0 Å². The van der Waals surface area contributed by atoms with Crippen LogP contribution < -0.4 is 10.6 Å². The predicted octanol–water partition coefficient (Wildman–Crippen LogP) is 1.95. The first-order valence-corrected chi connectivity index (χ1v) is 7.32. The number of aliphatic carboxylic acids is 1. The molecule has 116 valence electrons. The van der Waals surface area contributed by atoms with Gasteiger partial charge in [-0.3, -0.25) is 9.59 Å². The molecular weight excluding hydrogens is 268 g/mol. The summed E-state index contributed by atoms with van der Waals surface area (Å²) >= 11 is 0. The Kier molecular flexibility index (Phi) is 7.46. The van der Waals surface area contributed by atoms with Crippen molar-refractivity contribution in [3.8, 4) is 0 Å². The standard InChI is InChI=1S/C16H24N2O3/c1-3-17-11-12(2)16(21)18-14(9-10-15(19)20)13-7-5-4-6-8-13/h4-8,12,14,17H,3,9-11H2,1-2H3,(H,18,21)(H,19,20). The third-order valence-corrected chi connectivity index (χ3v) is 3.31. The van der Waals surface area contributed by atoms with E-state index in [1.807, 2.05) is 44.2 Å². The number of carbonyl (C=O) groups excluding carboxylic acids is 1. The molecule has 1 rings (SSSR count). The Morgan fingerprint density at radius 1 is 1.24 bits per heavy atom. The maximum Gasteiger partial charge on any atom is 0.303 e. The van der Waals surface area contributed by atoms with E-state index in [2.05, 4.69) is 10.6 Å². The molecule has 0 aliphatic heterocycles. The van der Waals surface area contributed by atoms with Crippen molar-refractivity contribution in [3.63, 3.8) is 0 Å². The highest BCUT2D eigenvalue weighted by atomic mass is 16.4. The Hall–Kier alpha value is -1.88. The minimum atomic E-state index is -0.856. The summed E-state index contributed by atoms with van der Waals surface area (Å²) in [5, 5.41) is 14.9. The number of benzene rings is 1. The van der Waals surface area contributed by atoms with Gasteiger partial charge < -0.3 is 15.7 Å². The molecule has 21 heavy (non-hydrogen) atoms. The molecule has 2 atom stereocenters. The van der Waals surface area contributed by atoms with E-state index >= 15 is 0 Å². The van der Waals surface area contributed by atoms with Gasteiger partial charge in [-0.05, 0) is 18.5 Å². The van der Waals surface area contributed by atoms with Crippen LogP contribution in [0.3, 0.4) is 0 Å². The van der Waals surface area contributed by atoms with Crippen molar-refractivity contribution in [2.45, 2.75) is 32.7 Å². The number of carboxylic acid groups (broad SMARTS) is 1. The van der Waals surface area contributed by atoms with Crippen LogP contribution in [-0.4, -0.2) is 30.1 Å². The molecule has 1 aromatic carbocycles. The molecule has 5 heteroatoms. The van der Waals surface area contributed by atoms with E-state index in [9.17, 15) is 9.59 Å². The van der Waals surface area contributed by atoms with Crippen LogP contribution in [0.1, 0.15) is 38.3 Å². The molecule has 0 heterocycles. The van der Waals surface area contributed by atoms with Gasteiger partial charge in [0.2, 0.25) is 5.91 Å². The van der Waals surface area contributed by atoms with Crippen LogP contribution in [0.15, 0.2) is 30.3 Å². The van der Waals surface area contributed by atoms with Gasteiger partial charge in [0.25, 0.3) is 0 Å². The Morgan fingerprint density at radius 3 is 2.48 bits per heavy atom. The van der Waals surface area contributed by atoms with E-state index in [4.69, 9.17) is 5.11 Å². The molecule has 0 radical (unpaired) electrons. The molecule has 0 spiro atoms. The monoisotopic (exact) mass is 292 g/mol. The Bertz CT molecular complexity index is 448. The minimum absolute atomic E-state index is 0.0292. The van der Waals surface area contributed by atoms with E-state index in [0.29, 0.717) is 13.0 Å². The number of rotatable bonds is 9. The maximum absolute atomic E-state index is 12.2. The minimum Gasteiger partial charge on any atom is -0.481 e. The highest BCUT2D eigenvalue weighted by Crippen LogP contribution is 2.19. The first-order chi connectivity index (χ1) is 10.0. The van der Waals surface area contributed by atoms with Crippen molar-refractivity contribution in [1.82, 2.24) is 10.6 Å². The van der Waals surface area contributed by atoms with Crippen LogP contribution in [0, 0.1) is 5.92 Å². The van der Waals surface area contributed by atoms with Gasteiger partial charge >= 0.3 is 5.97 Å². The zero-order valence-electron chi connectivity index (χ0n) is 12.6. The predicted molar refractivity (Wildman–Crippen MR) is 81.9 cm³/mol. The lowest BCUT2D eigenvalue weighted by Gasteiger charge is -2.21. The fourth-order valence-corrected chi connectivity index (χ4v) is 2.04. The van der Waals surface area contributed by atoms with E-state index in [1.165, 1.54) is 0 Å². The smallest absolute Gasteiger partial charge is 0.303 e. The summed E-state index contributed by atoms with van der Waals surface area (Å²) in [6, 6.07) is 9.21. The van der Waals surface area contributed by atoms with Crippen LogP contribution in [0.2, 0.25) is 0 Å². The topological polar surface area (TPSA) is 78.4 Å². The van der Waals surface area contributed by atoms with E-state index in [0.717, 1.165) is 12.1 Å². The first kappa shape index (κ1) is 17.2. The molecule has 0 aliphatic rings. The second-order valence-corrected chi connectivity index (χ2v) is 5.11. The first-order valence-electron chi connectivity index (χ1n) is 7.32. The summed E-state index contributed by atoms with van der Waals surface area (Å²) < 4.78 is 0. The summed E-state index contributed by atoms with van der Waals surface area (Å²) in [5.74, 6) is -1.07. The lowest BCUT2D eigenvalue weighted by Crippen LogP contribution is -2.37. The highest BCUT2D eigenvalue weighted by molar-refractivity contribution is 5.79. The highest BCUT2D eigenvalue weighted by Gasteiger charge is 2.19. The number of carboxylic acids is 1. The molecule has 1 amide bonds. The van der Waals surface area contributed by atoms with Crippen molar-refractivity contribution in [1.29, 1.82) is 0 Å². The molecule has 0 aliphatic carbocycles. The summed E-state index contributed by atoms with van der Waals surface area (Å²) in [5.41, 5.74) is 0.933. The second kappa shape index (κ2) is 9.13. The largest absolute Gasteiger partial charge is 0.481 e. The molecular formula is C16H24N2O3. The van der Waals surface area contributed by atoms with Gasteiger partial charge in [-0.2, -0.15) is 0 Å². The number of hydrogen-bond donors (Lipinski definition) is 3. The number of nitrogens with one attached hydrogen (secondary N) is 2. The van der Waals surface area contributed by atoms with Crippen molar-refractivity contribution >= 4 is 11.9 Å². The average molecular weight is 292 g/mol. The number of amides is 1. The lowest BCUT2D eigenvalue weighted by molar-refractivity contribution is -0.137. The molecule has 3 N–H and O–H groups in total. The van der Waals surface area contributed by atoms with E-state index < -0.39 is 5.97 Å². The third-order valence-electron chi connectivity index (χ3n) is 3.31. The van der Waals surface area contributed by atoms with Crippen LogP contribution in [-0.2, 0) is 9.59 Å². The summed E-state index contributed by atoms with van der Waals surface area (Å²) in [6.07, 6.45) is 0.417. The Morgan fingerprint density at radius 2 is 1.90 bits per heavy atom. The molecule has 0 bridgehead atoms. The van der Waals surface area contributed by atoms with Crippen molar-refractivity contribution in [2.24, 2.45) is 5.92 Å². The van der Waals surface area contributed by atoms with Crippen LogP contribution in [0.5, 0.6) is 0 Å². The van der Waals surface area contributed by atoms with Gasteiger partial charge in [-0.15, -0.1) is 0 Å². The summed E-state index contributed by atoms with van der Waals surface area (Å²) in [6.45, 7) is 5.28. The van der Waals surface area contributed by atoms with E-state index in [-0.39, 0.29) is 24.3 Å². The van der Waals surface area contributed by atoms with Crippen molar-refractivity contribution in [3.05, 3.63) is 35.9 Å². The van der Waals surface area contributed by atoms with Crippen molar-refractivity contribution < 1.29 is 14.7 Å². The number of carbonyl (C=O) groups is 2. The second-order valence-electron chi connectivity index (χ2n) is 5.11. The Balaban J connectivity index is 2.68. The van der Waals surface area contributed by atoms with Crippen LogP contribution in [0.25, 0.3) is 0 Å². The van der Waals surface area contributed by atoms with E-state index in [1.54, 1.807) is 0 Å². The fraction of sp³-hybridized carbons (Fsp3) is 0.500. The Labute approximate surface area is 125 Å². The molecule has 1 aromatic rings. The quantitative estimate of drug-likeness (QED) is 0.650. The SMILES string of the molecule is CCNCC(C)C(=O)NC(CCC(=O)O)c1ccccc1. The van der Waals surface area contributed by atoms with Gasteiger partial charge in [-0.1, -0.05) is 44.2 Å². The lowest BCUT2D eigenvalue weighted by atomic mass is 10.0. The third kappa shape index (κ3) is 6.40. The number of hydrogen-bond acceptors (Lipinski definition) is 3. The molecule has 0 aromatic heterocycles. The molecule has 0 fully saturated rings. The zero-order valence-corrected chi connectivity index (χ0v) is 12.6. The van der Waals surface area contributed by atoms with Gasteiger partial charge in [0.15, 0.2) is 0 Å². The molecule has 5 nitrogen and oxygen atoms in total.